The highest BCUT2D eigenvalue weighted by Gasteiger charge is 2.33. The number of methoxy groups -OCH3 is 1. The van der Waals surface area contributed by atoms with Crippen molar-refractivity contribution >= 4 is 17.7 Å². The van der Waals surface area contributed by atoms with E-state index in [-0.39, 0.29) is 11.9 Å². The van der Waals surface area contributed by atoms with Gasteiger partial charge in [-0.3, -0.25) is 4.79 Å². The summed E-state index contributed by atoms with van der Waals surface area (Å²) in [5.41, 5.74) is -0.329. The summed E-state index contributed by atoms with van der Waals surface area (Å²) in [6.45, 7) is 3.78. The van der Waals surface area contributed by atoms with Crippen LogP contribution in [0.15, 0.2) is 18.3 Å². The Hall–Kier alpha value is -2.11. The molecule has 0 saturated heterocycles. The molecule has 0 bridgehead atoms. The summed E-state index contributed by atoms with van der Waals surface area (Å²) in [7, 11) is 4.73. The van der Waals surface area contributed by atoms with Crippen molar-refractivity contribution in [3.8, 4) is 0 Å². The van der Waals surface area contributed by atoms with E-state index in [9.17, 15) is 9.59 Å². The SMILES string of the molecule is CCCC(C)(Nc1ccc(C(=O)N(C)C)cn1)C(=O)OC. The van der Waals surface area contributed by atoms with Gasteiger partial charge in [-0.15, -0.1) is 0 Å². The van der Waals surface area contributed by atoms with E-state index in [2.05, 4.69) is 10.3 Å². The predicted octanol–water partition coefficient (Wildman–Crippen LogP) is 1.93. The largest absolute Gasteiger partial charge is 0.467 e. The average Bonchev–Trinajstić information content (AvgIpc) is 2.46. The number of anilines is 1. The molecule has 1 unspecified atom stereocenters. The van der Waals surface area contributed by atoms with Crippen molar-refractivity contribution in [2.45, 2.75) is 32.2 Å². The number of carbonyl (C=O) groups is 2. The van der Waals surface area contributed by atoms with Gasteiger partial charge in [0.25, 0.3) is 5.91 Å². The third kappa shape index (κ3) is 4.18. The van der Waals surface area contributed by atoms with Gasteiger partial charge in [0.15, 0.2) is 0 Å². The maximum absolute atomic E-state index is 11.9. The van der Waals surface area contributed by atoms with E-state index in [0.717, 1.165) is 6.42 Å². The van der Waals surface area contributed by atoms with E-state index in [0.29, 0.717) is 17.8 Å². The number of ether oxygens (including phenoxy) is 1. The zero-order chi connectivity index (χ0) is 16.0. The number of carbonyl (C=O) groups excluding carboxylic acids is 2. The van der Waals surface area contributed by atoms with E-state index in [1.807, 2.05) is 6.92 Å². The number of hydrogen-bond acceptors (Lipinski definition) is 5. The molecule has 0 fully saturated rings. The molecule has 0 radical (unpaired) electrons. The molecule has 0 aromatic carbocycles. The topological polar surface area (TPSA) is 71.5 Å². The average molecular weight is 293 g/mol. The normalized spacial score (nSPS) is 13.2. The number of esters is 1. The molecule has 1 aromatic heterocycles. The molecule has 0 aliphatic carbocycles. The third-order valence-corrected chi connectivity index (χ3v) is 3.21. The van der Waals surface area contributed by atoms with Crippen molar-refractivity contribution in [1.82, 2.24) is 9.88 Å². The summed E-state index contributed by atoms with van der Waals surface area (Å²) in [5.74, 6) is 0.0876. The molecular formula is C15H23N3O3. The minimum Gasteiger partial charge on any atom is -0.467 e. The van der Waals surface area contributed by atoms with Gasteiger partial charge in [0, 0.05) is 20.3 Å². The fourth-order valence-electron chi connectivity index (χ4n) is 2.08. The van der Waals surface area contributed by atoms with E-state index in [4.69, 9.17) is 4.74 Å². The second-order valence-corrected chi connectivity index (χ2v) is 5.33. The number of nitrogens with zero attached hydrogens (tertiary/aromatic N) is 2. The van der Waals surface area contributed by atoms with Crippen molar-refractivity contribution in [3.63, 3.8) is 0 Å². The quantitative estimate of drug-likeness (QED) is 0.811. The highest BCUT2D eigenvalue weighted by molar-refractivity contribution is 5.93. The molecule has 0 aliphatic rings. The number of pyridine rings is 1. The Morgan fingerprint density at radius 2 is 2.05 bits per heavy atom. The lowest BCUT2D eigenvalue weighted by molar-refractivity contribution is -0.145. The summed E-state index contributed by atoms with van der Waals surface area (Å²) in [6.07, 6.45) is 2.95. The van der Waals surface area contributed by atoms with Gasteiger partial charge in [-0.1, -0.05) is 13.3 Å². The van der Waals surface area contributed by atoms with Crippen molar-refractivity contribution < 1.29 is 14.3 Å². The van der Waals surface area contributed by atoms with Crippen LogP contribution < -0.4 is 5.32 Å². The van der Waals surface area contributed by atoms with E-state index < -0.39 is 5.54 Å². The summed E-state index contributed by atoms with van der Waals surface area (Å²) >= 11 is 0. The fourth-order valence-corrected chi connectivity index (χ4v) is 2.08. The minimum absolute atomic E-state index is 0.113. The van der Waals surface area contributed by atoms with E-state index in [1.54, 1.807) is 33.2 Å². The molecule has 0 aliphatic heterocycles. The second-order valence-electron chi connectivity index (χ2n) is 5.33. The maximum atomic E-state index is 11.9. The van der Waals surface area contributed by atoms with Crippen LogP contribution in [0, 0.1) is 0 Å². The Morgan fingerprint density at radius 3 is 2.48 bits per heavy atom. The minimum atomic E-state index is -0.830. The van der Waals surface area contributed by atoms with Crippen molar-refractivity contribution in [2.24, 2.45) is 0 Å². The van der Waals surface area contributed by atoms with Gasteiger partial charge in [0.1, 0.15) is 11.4 Å². The molecule has 1 N–H and O–H groups in total. The third-order valence-electron chi connectivity index (χ3n) is 3.21. The van der Waals surface area contributed by atoms with Crippen LogP contribution in [0.2, 0.25) is 0 Å². The predicted molar refractivity (Wildman–Crippen MR) is 81.2 cm³/mol. The number of amides is 1. The van der Waals surface area contributed by atoms with E-state index >= 15 is 0 Å². The van der Waals surface area contributed by atoms with Gasteiger partial charge >= 0.3 is 5.97 Å². The molecule has 0 saturated carbocycles. The molecule has 6 nitrogen and oxygen atoms in total. The van der Waals surface area contributed by atoms with Crippen LogP contribution in [0.1, 0.15) is 37.0 Å². The Balaban J connectivity index is 2.91. The van der Waals surface area contributed by atoms with Crippen LogP contribution in [-0.4, -0.2) is 48.5 Å². The first-order valence-electron chi connectivity index (χ1n) is 6.88. The first kappa shape index (κ1) is 16.9. The lowest BCUT2D eigenvalue weighted by Gasteiger charge is -2.28. The number of nitrogens with one attached hydrogen (secondary N) is 1. The zero-order valence-corrected chi connectivity index (χ0v) is 13.3. The van der Waals surface area contributed by atoms with Gasteiger partial charge in [0.2, 0.25) is 0 Å². The van der Waals surface area contributed by atoms with Crippen molar-refractivity contribution in [2.75, 3.05) is 26.5 Å². The lowest BCUT2D eigenvalue weighted by atomic mass is 9.96. The maximum Gasteiger partial charge on any atom is 0.331 e. The highest BCUT2D eigenvalue weighted by atomic mass is 16.5. The smallest absolute Gasteiger partial charge is 0.331 e. The van der Waals surface area contributed by atoms with E-state index in [1.165, 1.54) is 18.2 Å². The van der Waals surface area contributed by atoms with Crippen molar-refractivity contribution in [3.05, 3.63) is 23.9 Å². The lowest BCUT2D eigenvalue weighted by Crippen LogP contribution is -2.44. The molecule has 1 aromatic rings. The summed E-state index contributed by atoms with van der Waals surface area (Å²) < 4.78 is 4.84. The molecule has 0 spiro atoms. The molecular weight excluding hydrogens is 270 g/mol. The van der Waals surface area contributed by atoms with Crippen LogP contribution in [-0.2, 0) is 9.53 Å². The Labute approximate surface area is 125 Å². The summed E-state index contributed by atoms with van der Waals surface area (Å²) in [6, 6.07) is 3.37. The monoisotopic (exact) mass is 293 g/mol. The Morgan fingerprint density at radius 1 is 1.38 bits per heavy atom. The molecule has 116 valence electrons. The Kier molecular flexibility index (Phi) is 5.69. The van der Waals surface area contributed by atoms with Gasteiger partial charge in [0.05, 0.1) is 12.7 Å². The molecule has 1 atom stereocenters. The van der Waals surface area contributed by atoms with Gasteiger partial charge in [-0.2, -0.15) is 0 Å². The van der Waals surface area contributed by atoms with Crippen LogP contribution >= 0.6 is 0 Å². The van der Waals surface area contributed by atoms with Crippen LogP contribution in [0.25, 0.3) is 0 Å². The number of rotatable bonds is 6. The molecule has 1 amide bonds. The van der Waals surface area contributed by atoms with Gasteiger partial charge < -0.3 is 15.0 Å². The number of aromatic nitrogens is 1. The summed E-state index contributed by atoms with van der Waals surface area (Å²) in [4.78, 5) is 29.4. The first-order chi connectivity index (χ1) is 9.84. The zero-order valence-electron chi connectivity index (χ0n) is 13.3. The van der Waals surface area contributed by atoms with Crippen LogP contribution in [0.5, 0.6) is 0 Å². The highest BCUT2D eigenvalue weighted by Crippen LogP contribution is 2.20. The second kappa shape index (κ2) is 7.06. The van der Waals surface area contributed by atoms with Crippen LogP contribution in [0.3, 0.4) is 0 Å². The van der Waals surface area contributed by atoms with Gasteiger partial charge in [-0.25, -0.2) is 9.78 Å². The molecule has 1 rings (SSSR count). The Bertz CT molecular complexity index is 499. The molecule has 6 heteroatoms. The summed E-state index contributed by atoms with van der Waals surface area (Å²) in [5, 5.41) is 3.09. The molecule has 1 heterocycles. The van der Waals surface area contributed by atoms with Crippen LogP contribution in [0.4, 0.5) is 5.82 Å². The fraction of sp³-hybridized carbons (Fsp3) is 0.533. The van der Waals surface area contributed by atoms with Crippen molar-refractivity contribution in [1.29, 1.82) is 0 Å². The first-order valence-corrected chi connectivity index (χ1v) is 6.88. The number of hydrogen-bond donors (Lipinski definition) is 1. The molecule has 21 heavy (non-hydrogen) atoms. The van der Waals surface area contributed by atoms with Gasteiger partial charge in [-0.05, 0) is 25.5 Å². The standard InChI is InChI=1S/C15H23N3O3/c1-6-9-15(2,14(20)21-5)17-12-8-7-11(10-16-12)13(19)18(3)4/h7-8,10H,6,9H2,1-5H3,(H,16,17).